The Morgan fingerprint density at radius 2 is 1.78 bits per heavy atom. The SMILES string of the molecule is COc1ccc(NC(=O)CCCOc2ccc(Cl)cc2Cl)cc1NC(C)=O. The van der Waals surface area contributed by atoms with Crippen LogP contribution in [0.4, 0.5) is 11.4 Å². The lowest BCUT2D eigenvalue weighted by Gasteiger charge is -2.12. The number of carbonyl (C=O) groups excluding carboxylic acids is 2. The zero-order chi connectivity index (χ0) is 19.8. The fourth-order valence-corrected chi connectivity index (χ4v) is 2.77. The molecule has 0 aliphatic heterocycles. The Labute approximate surface area is 167 Å². The number of amides is 2. The third-order valence-electron chi connectivity index (χ3n) is 3.49. The predicted octanol–water partition coefficient (Wildman–Crippen LogP) is 4.76. The highest BCUT2D eigenvalue weighted by atomic mass is 35.5. The third kappa shape index (κ3) is 6.66. The van der Waals surface area contributed by atoms with Crippen molar-refractivity contribution in [1.29, 1.82) is 0 Å². The summed E-state index contributed by atoms with van der Waals surface area (Å²) in [7, 11) is 1.51. The van der Waals surface area contributed by atoms with Crippen molar-refractivity contribution in [2.24, 2.45) is 0 Å². The number of ether oxygens (including phenoxy) is 2. The molecule has 2 amide bonds. The van der Waals surface area contributed by atoms with E-state index in [1.54, 1.807) is 36.4 Å². The smallest absolute Gasteiger partial charge is 0.224 e. The summed E-state index contributed by atoms with van der Waals surface area (Å²) in [5.41, 5.74) is 1.05. The Hall–Kier alpha value is -2.44. The molecule has 0 radical (unpaired) electrons. The van der Waals surface area contributed by atoms with Gasteiger partial charge >= 0.3 is 0 Å². The maximum Gasteiger partial charge on any atom is 0.224 e. The van der Waals surface area contributed by atoms with E-state index in [0.29, 0.717) is 45.9 Å². The van der Waals surface area contributed by atoms with Gasteiger partial charge in [-0.05, 0) is 42.8 Å². The average molecular weight is 411 g/mol. The zero-order valence-corrected chi connectivity index (χ0v) is 16.5. The van der Waals surface area contributed by atoms with Gasteiger partial charge in [-0.3, -0.25) is 9.59 Å². The van der Waals surface area contributed by atoms with Crippen LogP contribution in [0.25, 0.3) is 0 Å². The molecule has 0 atom stereocenters. The van der Waals surface area contributed by atoms with Gasteiger partial charge in [0.1, 0.15) is 11.5 Å². The summed E-state index contributed by atoms with van der Waals surface area (Å²) in [5.74, 6) is 0.641. The first-order chi connectivity index (χ1) is 12.9. The van der Waals surface area contributed by atoms with E-state index in [2.05, 4.69) is 10.6 Å². The molecule has 0 aromatic heterocycles. The maximum atomic E-state index is 12.1. The Bertz CT molecular complexity index is 827. The van der Waals surface area contributed by atoms with Crippen LogP contribution in [0.15, 0.2) is 36.4 Å². The van der Waals surface area contributed by atoms with E-state index in [9.17, 15) is 9.59 Å². The van der Waals surface area contributed by atoms with Crippen molar-refractivity contribution in [3.05, 3.63) is 46.4 Å². The van der Waals surface area contributed by atoms with Gasteiger partial charge in [0, 0.05) is 24.1 Å². The minimum Gasteiger partial charge on any atom is -0.495 e. The molecule has 2 N–H and O–H groups in total. The van der Waals surface area contributed by atoms with Crippen LogP contribution in [0.2, 0.25) is 10.0 Å². The van der Waals surface area contributed by atoms with Gasteiger partial charge in [-0.1, -0.05) is 23.2 Å². The summed E-state index contributed by atoms with van der Waals surface area (Å²) in [5, 5.41) is 6.40. The van der Waals surface area contributed by atoms with Crippen molar-refractivity contribution in [2.75, 3.05) is 24.4 Å². The molecular formula is C19H20Cl2N2O4. The van der Waals surface area contributed by atoms with Gasteiger partial charge in [0.25, 0.3) is 0 Å². The van der Waals surface area contributed by atoms with E-state index in [-0.39, 0.29) is 18.2 Å². The molecule has 0 aliphatic carbocycles. The first kappa shape index (κ1) is 20.9. The van der Waals surface area contributed by atoms with Crippen LogP contribution in [-0.4, -0.2) is 25.5 Å². The van der Waals surface area contributed by atoms with Crippen LogP contribution in [0, 0.1) is 0 Å². The Kier molecular flexibility index (Phi) is 7.76. The molecule has 0 saturated heterocycles. The molecule has 2 rings (SSSR count). The van der Waals surface area contributed by atoms with E-state index >= 15 is 0 Å². The van der Waals surface area contributed by atoms with Crippen molar-refractivity contribution in [2.45, 2.75) is 19.8 Å². The summed E-state index contributed by atoms with van der Waals surface area (Å²) < 4.78 is 10.7. The van der Waals surface area contributed by atoms with Crippen LogP contribution >= 0.6 is 23.2 Å². The zero-order valence-electron chi connectivity index (χ0n) is 15.0. The van der Waals surface area contributed by atoms with Gasteiger partial charge in [-0.2, -0.15) is 0 Å². The van der Waals surface area contributed by atoms with Crippen molar-refractivity contribution < 1.29 is 19.1 Å². The first-order valence-corrected chi connectivity index (χ1v) is 8.98. The molecule has 0 bridgehead atoms. The molecule has 144 valence electrons. The third-order valence-corrected chi connectivity index (χ3v) is 4.02. The van der Waals surface area contributed by atoms with Crippen LogP contribution in [0.1, 0.15) is 19.8 Å². The first-order valence-electron chi connectivity index (χ1n) is 8.22. The normalized spacial score (nSPS) is 10.2. The van der Waals surface area contributed by atoms with Gasteiger partial charge < -0.3 is 20.1 Å². The standard InChI is InChI=1S/C19H20Cl2N2O4/c1-12(24)22-16-11-14(6-8-18(16)26-2)23-19(25)4-3-9-27-17-7-5-13(20)10-15(17)21/h5-8,10-11H,3-4,9H2,1-2H3,(H,22,24)(H,23,25). The summed E-state index contributed by atoms with van der Waals surface area (Å²) in [6, 6.07) is 9.99. The summed E-state index contributed by atoms with van der Waals surface area (Å²) >= 11 is 11.9. The van der Waals surface area contributed by atoms with E-state index < -0.39 is 0 Å². The van der Waals surface area contributed by atoms with Gasteiger partial charge in [0.15, 0.2) is 0 Å². The Morgan fingerprint density at radius 1 is 1.04 bits per heavy atom. The van der Waals surface area contributed by atoms with Crippen LogP contribution in [0.5, 0.6) is 11.5 Å². The second kappa shape index (κ2) is 10.0. The molecular weight excluding hydrogens is 391 g/mol. The number of nitrogens with one attached hydrogen (secondary N) is 2. The summed E-state index contributed by atoms with van der Waals surface area (Å²) in [6.07, 6.45) is 0.784. The second-order valence-corrected chi connectivity index (χ2v) is 6.51. The fourth-order valence-electron chi connectivity index (χ4n) is 2.30. The molecule has 8 heteroatoms. The molecule has 0 spiro atoms. The number of hydrogen-bond acceptors (Lipinski definition) is 4. The highest BCUT2D eigenvalue weighted by Gasteiger charge is 2.09. The lowest BCUT2D eigenvalue weighted by atomic mass is 10.2. The average Bonchev–Trinajstić information content (AvgIpc) is 2.60. The van der Waals surface area contributed by atoms with E-state index in [1.807, 2.05) is 0 Å². The molecule has 0 aliphatic rings. The van der Waals surface area contributed by atoms with Crippen molar-refractivity contribution >= 4 is 46.4 Å². The molecule has 0 heterocycles. The highest BCUT2D eigenvalue weighted by molar-refractivity contribution is 6.35. The Morgan fingerprint density at radius 3 is 2.44 bits per heavy atom. The monoisotopic (exact) mass is 410 g/mol. The van der Waals surface area contributed by atoms with Gasteiger partial charge in [-0.15, -0.1) is 0 Å². The number of anilines is 2. The van der Waals surface area contributed by atoms with Gasteiger partial charge in [-0.25, -0.2) is 0 Å². The van der Waals surface area contributed by atoms with Crippen LogP contribution < -0.4 is 20.1 Å². The van der Waals surface area contributed by atoms with Gasteiger partial charge in [0.05, 0.1) is 24.4 Å². The quantitative estimate of drug-likeness (QED) is 0.615. The number of benzene rings is 2. The molecule has 0 saturated carbocycles. The topological polar surface area (TPSA) is 76.7 Å². The second-order valence-electron chi connectivity index (χ2n) is 5.67. The van der Waals surface area contributed by atoms with Crippen molar-refractivity contribution in [3.8, 4) is 11.5 Å². The van der Waals surface area contributed by atoms with Crippen molar-refractivity contribution in [1.82, 2.24) is 0 Å². The number of hydrogen-bond donors (Lipinski definition) is 2. The number of methoxy groups -OCH3 is 1. The number of carbonyl (C=O) groups is 2. The van der Waals surface area contributed by atoms with E-state index in [1.165, 1.54) is 14.0 Å². The number of halogens is 2. The van der Waals surface area contributed by atoms with Crippen LogP contribution in [-0.2, 0) is 9.59 Å². The largest absolute Gasteiger partial charge is 0.495 e. The molecule has 0 unspecified atom stereocenters. The lowest BCUT2D eigenvalue weighted by Crippen LogP contribution is -2.13. The van der Waals surface area contributed by atoms with Gasteiger partial charge in [0.2, 0.25) is 11.8 Å². The summed E-state index contributed by atoms with van der Waals surface area (Å²) in [6.45, 7) is 1.74. The molecule has 6 nitrogen and oxygen atoms in total. The molecule has 0 fully saturated rings. The number of rotatable bonds is 8. The Balaban J connectivity index is 1.84. The van der Waals surface area contributed by atoms with E-state index in [0.717, 1.165) is 0 Å². The summed E-state index contributed by atoms with van der Waals surface area (Å²) in [4.78, 5) is 23.4. The van der Waals surface area contributed by atoms with E-state index in [4.69, 9.17) is 32.7 Å². The minimum atomic E-state index is -0.227. The highest BCUT2D eigenvalue weighted by Crippen LogP contribution is 2.29. The minimum absolute atomic E-state index is 0.167. The molecule has 2 aromatic carbocycles. The van der Waals surface area contributed by atoms with Crippen LogP contribution in [0.3, 0.4) is 0 Å². The molecule has 27 heavy (non-hydrogen) atoms. The maximum absolute atomic E-state index is 12.1. The predicted molar refractivity (Wildman–Crippen MR) is 107 cm³/mol. The van der Waals surface area contributed by atoms with Crippen molar-refractivity contribution in [3.63, 3.8) is 0 Å². The lowest BCUT2D eigenvalue weighted by molar-refractivity contribution is -0.116. The molecule has 2 aromatic rings. The fraction of sp³-hybridized carbons (Fsp3) is 0.263.